The van der Waals surface area contributed by atoms with Crippen LogP contribution in [-0.2, 0) is 0 Å². The summed E-state index contributed by atoms with van der Waals surface area (Å²) in [6.07, 6.45) is 17.8. The van der Waals surface area contributed by atoms with Gasteiger partial charge in [0.2, 0.25) is 0 Å². The molecule has 4 rings (SSSR count). The van der Waals surface area contributed by atoms with E-state index < -0.39 is 0 Å². The molecule has 158 valence electrons. The summed E-state index contributed by atoms with van der Waals surface area (Å²) >= 11 is 0. The van der Waals surface area contributed by atoms with E-state index in [0.717, 1.165) is 48.3 Å². The second-order valence-electron chi connectivity index (χ2n) is 11.8. The molecule has 1 nitrogen and oxygen atoms in total. The molecule has 9 atom stereocenters. The molecule has 1 N–H and O–H groups in total. The molecule has 4 fully saturated rings. The van der Waals surface area contributed by atoms with Crippen molar-refractivity contribution in [1.82, 2.24) is 0 Å². The molecular weight excluding hydrogens is 340 g/mol. The molecule has 0 aromatic heterocycles. The molecule has 4 aliphatic carbocycles. The summed E-state index contributed by atoms with van der Waals surface area (Å²) in [6, 6.07) is 0. The third-order valence-corrected chi connectivity index (χ3v) is 10.3. The lowest BCUT2D eigenvalue weighted by molar-refractivity contribution is -0.129. The van der Waals surface area contributed by atoms with Gasteiger partial charge in [-0.15, -0.1) is 0 Å². The van der Waals surface area contributed by atoms with Crippen LogP contribution in [0.25, 0.3) is 0 Å². The van der Waals surface area contributed by atoms with Crippen LogP contribution in [0.3, 0.4) is 0 Å². The van der Waals surface area contributed by atoms with Crippen molar-refractivity contribution in [3.8, 4) is 0 Å². The van der Waals surface area contributed by atoms with Gasteiger partial charge in [-0.3, -0.25) is 0 Å². The van der Waals surface area contributed by atoms with E-state index in [1.54, 1.807) is 0 Å². The lowest BCUT2D eigenvalue weighted by atomic mass is 9.44. The molecule has 1 unspecified atom stereocenters. The van der Waals surface area contributed by atoms with E-state index in [1.807, 2.05) is 0 Å². The van der Waals surface area contributed by atoms with Crippen LogP contribution in [-0.4, -0.2) is 11.2 Å². The summed E-state index contributed by atoms with van der Waals surface area (Å²) in [6.45, 7) is 13.9. The molecule has 0 aliphatic heterocycles. The predicted molar refractivity (Wildman–Crippen MR) is 119 cm³/mol. The van der Waals surface area contributed by atoms with Gasteiger partial charge in [0.25, 0.3) is 0 Å². The summed E-state index contributed by atoms with van der Waals surface area (Å²) in [5.74, 6) is 5.30. The number of aliphatic hydroxyl groups is 1. The highest BCUT2D eigenvalue weighted by atomic mass is 16.3. The maximum absolute atomic E-state index is 10.2. The summed E-state index contributed by atoms with van der Waals surface area (Å²) < 4.78 is 0. The van der Waals surface area contributed by atoms with Gasteiger partial charge in [0, 0.05) is 0 Å². The van der Waals surface area contributed by atoms with Crippen molar-refractivity contribution in [2.45, 2.75) is 98.0 Å². The Morgan fingerprint density at radius 1 is 1.04 bits per heavy atom. The first kappa shape index (κ1) is 20.7. The number of hydrogen-bond donors (Lipinski definition) is 1. The van der Waals surface area contributed by atoms with Crippen molar-refractivity contribution in [2.75, 3.05) is 0 Å². The fourth-order valence-electron chi connectivity index (χ4n) is 8.86. The molecule has 0 aromatic carbocycles. The Morgan fingerprint density at radius 3 is 2.50 bits per heavy atom. The van der Waals surface area contributed by atoms with Crippen molar-refractivity contribution in [3.05, 3.63) is 24.3 Å². The minimum atomic E-state index is -0.0209. The number of hydrogen-bond acceptors (Lipinski definition) is 1. The van der Waals surface area contributed by atoms with Crippen molar-refractivity contribution in [1.29, 1.82) is 0 Å². The van der Waals surface area contributed by atoms with Gasteiger partial charge < -0.3 is 5.11 Å². The SMILES string of the molecule is C=C(C)C=CC[C@@H](C)[C@H]1CC[C@H]2[C@@H]3CCC4C[C@@H](O)CC[C@]4(C)[C@H]3CC[C@]12C. The molecule has 4 saturated carbocycles. The zero-order chi connectivity index (χ0) is 20.1. The maximum Gasteiger partial charge on any atom is 0.0543 e. The lowest BCUT2D eigenvalue weighted by Crippen LogP contribution is -2.54. The topological polar surface area (TPSA) is 20.2 Å². The van der Waals surface area contributed by atoms with Gasteiger partial charge >= 0.3 is 0 Å². The Morgan fingerprint density at radius 2 is 1.75 bits per heavy atom. The number of fused-ring (bicyclic) bond motifs is 5. The average molecular weight is 385 g/mol. The second kappa shape index (κ2) is 7.60. The van der Waals surface area contributed by atoms with Gasteiger partial charge in [-0.05, 0) is 117 Å². The Labute approximate surface area is 174 Å². The van der Waals surface area contributed by atoms with E-state index in [0.29, 0.717) is 10.8 Å². The quantitative estimate of drug-likeness (QED) is 0.510. The van der Waals surface area contributed by atoms with Crippen LogP contribution in [0.15, 0.2) is 24.3 Å². The van der Waals surface area contributed by atoms with Crippen LogP contribution < -0.4 is 0 Å². The van der Waals surface area contributed by atoms with Crippen LogP contribution >= 0.6 is 0 Å². The van der Waals surface area contributed by atoms with Crippen molar-refractivity contribution < 1.29 is 5.11 Å². The number of allylic oxidation sites excluding steroid dienone is 3. The van der Waals surface area contributed by atoms with Gasteiger partial charge in [0.05, 0.1) is 6.10 Å². The maximum atomic E-state index is 10.2. The first-order chi connectivity index (χ1) is 13.3. The van der Waals surface area contributed by atoms with Crippen molar-refractivity contribution in [2.24, 2.45) is 46.3 Å². The molecule has 0 bridgehead atoms. The predicted octanol–water partition coefficient (Wildman–Crippen LogP) is 7.16. The first-order valence-corrected chi connectivity index (χ1v) is 12.3. The van der Waals surface area contributed by atoms with E-state index in [2.05, 4.69) is 46.4 Å². The van der Waals surface area contributed by atoms with Crippen molar-refractivity contribution in [3.63, 3.8) is 0 Å². The molecule has 0 amide bonds. The van der Waals surface area contributed by atoms with Gasteiger partial charge in [-0.25, -0.2) is 0 Å². The Balaban J connectivity index is 1.50. The molecular formula is C27H44O. The minimum Gasteiger partial charge on any atom is -0.393 e. The van der Waals surface area contributed by atoms with E-state index in [4.69, 9.17) is 0 Å². The van der Waals surface area contributed by atoms with Crippen LogP contribution in [0.4, 0.5) is 0 Å². The summed E-state index contributed by atoms with van der Waals surface area (Å²) in [4.78, 5) is 0. The highest BCUT2D eigenvalue weighted by Gasteiger charge is 2.60. The average Bonchev–Trinajstić information content (AvgIpc) is 2.99. The van der Waals surface area contributed by atoms with E-state index in [9.17, 15) is 5.11 Å². The van der Waals surface area contributed by atoms with Gasteiger partial charge in [0.15, 0.2) is 0 Å². The van der Waals surface area contributed by atoms with Gasteiger partial charge in [-0.2, -0.15) is 0 Å². The Hall–Kier alpha value is -0.560. The zero-order valence-electron chi connectivity index (χ0n) is 18.9. The molecule has 28 heavy (non-hydrogen) atoms. The normalized spacial score (nSPS) is 49.3. The van der Waals surface area contributed by atoms with Crippen LogP contribution in [0, 0.1) is 46.3 Å². The second-order valence-corrected chi connectivity index (χ2v) is 11.8. The first-order valence-electron chi connectivity index (χ1n) is 12.3. The fraction of sp³-hybridized carbons (Fsp3) is 0.852. The van der Waals surface area contributed by atoms with Crippen molar-refractivity contribution >= 4 is 0 Å². The molecule has 0 spiro atoms. The Bertz CT molecular complexity index is 620. The van der Waals surface area contributed by atoms with Gasteiger partial charge in [0.1, 0.15) is 0 Å². The number of aliphatic hydroxyl groups excluding tert-OH is 1. The monoisotopic (exact) mass is 384 g/mol. The fourth-order valence-corrected chi connectivity index (χ4v) is 8.86. The third kappa shape index (κ3) is 3.34. The molecule has 1 heteroatoms. The van der Waals surface area contributed by atoms with Crippen LogP contribution in [0.5, 0.6) is 0 Å². The van der Waals surface area contributed by atoms with Crippen LogP contribution in [0.1, 0.15) is 91.9 Å². The van der Waals surface area contributed by atoms with E-state index >= 15 is 0 Å². The van der Waals surface area contributed by atoms with E-state index in [-0.39, 0.29) is 6.10 Å². The Kier molecular flexibility index (Phi) is 5.62. The third-order valence-electron chi connectivity index (χ3n) is 10.3. The standard InChI is InChI=1S/C27H44O/c1-18(2)7-6-8-19(3)23-11-12-24-22-10-9-20-17-21(28)13-15-26(20,4)25(22)14-16-27(23,24)5/h6-7,19-25,28H,1,8-17H2,2-5H3/t19-,20?,21+,22+,23-,24+,25+,26+,27-/m1/s1. The minimum absolute atomic E-state index is 0.0209. The molecule has 4 aliphatic rings. The lowest BCUT2D eigenvalue weighted by Gasteiger charge is -2.61. The number of rotatable bonds is 4. The smallest absolute Gasteiger partial charge is 0.0543 e. The zero-order valence-corrected chi connectivity index (χ0v) is 18.9. The van der Waals surface area contributed by atoms with Crippen LogP contribution in [0.2, 0.25) is 0 Å². The largest absolute Gasteiger partial charge is 0.393 e. The summed E-state index contributed by atoms with van der Waals surface area (Å²) in [5, 5.41) is 10.2. The summed E-state index contributed by atoms with van der Waals surface area (Å²) in [5.41, 5.74) is 2.25. The van der Waals surface area contributed by atoms with Gasteiger partial charge in [-0.1, -0.05) is 45.1 Å². The molecule has 0 saturated heterocycles. The van der Waals surface area contributed by atoms with E-state index in [1.165, 1.54) is 56.9 Å². The molecule has 0 aromatic rings. The summed E-state index contributed by atoms with van der Waals surface area (Å²) in [7, 11) is 0. The highest BCUT2D eigenvalue weighted by Crippen LogP contribution is 2.68. The molecule has 0 radical (unpaired) electrons. The highest BCUT2D eigenvalue weighted by molar-refractivity contribution is 5.12. The molecule has 0 heterocycles.